The maximum absolute atomic E-state index is 5.81. The Morgan fingerprint density at radius 3 is 2.74 bits per heavy atom. The lowest BCUT2D eigenvalue weighted by atomic mass is 10.2. The molecule has 0 saturated carbocycles. The average Bonchev–Trinajstić information content (AvgIpc) is 3.46. The predicted molar refractivity (Wildman–Crippen MR) is 103 cm³/mol. The summed E-state index contributed by atoms with van der Waals surface area (Å²) in [6.07, 6.45) is 1.89. The van der Waals surface area contributed by atoms with Crippen LogP contribution in [0.2, 0.25) is 0 Å². The van der Waals surface area contributed by atoms with Crippen LogP contribution in [0, 0.1) is 0 Å². The van der Waals surface area contributed by atoms with E-state index in [0.29, 0.717) is 16.9 Å². The van der Waals surface area contributed by atoms with E-state index in [1.54, 1.807) is 0 Å². The second-order valence-corrected chi connectivity index (χ2v) is 6.88. The molecule has 7 heteroatoms. The molecule has 0 fully saturated rings. The molecule has 3 heterocycles. The summed E-state index contributed by atoms with van der Waals surface area (Å²) in [7, 11) is 0. The molecule has 1 N–H and O–H groups in total. The second-order valence-electron chi connectivity index (χ2n) is 5.96. The topological polar surface area (TPSA) is 80.7 Å². The molecule has 0 aliphatic heterocycles. The van der Waals surface area contributed by atoms with Crippen LogP contribution in [0.4, 0.5) is 0 Å². The molecule has 0 aliphatic rings. The normalized spacial score (nSPS) is 11.3. The summed E-state index contributed by atoms with van der Waals surface area (Å²) in [5.74, 6) is 1.84. The minimum atomic E-state index is 0.500. The Hall–Kier alpha value is -3.32. The van der Waals surface area contributed by atoms with Gasteiger partial charge in [0.25, 0.3) is 11.1 Å². The van der Waals surface area contributed by atoms with E-state index in [1.165, 1.54) is 11.8 Å². The zero-order valence-electron chi connectivity index (χ0n) is 14.1. The van der Waals surface area contributed by atoms with E-state index in [-0.39, 0.29) is 0 Å². The lowest BCUT2D eigenvalue weighted by Gasteiger charge is -1.93. The number of nitrogens with one attached hydrogen (secondary N) is 1. The monoisotopic (exact) mass is 374 g/mol. The van der Waals surface area contributed by atoms with Crippen molar-refractivity contribution in [2.75, 3.05) is 0 Å². The van der Waals surface area contributed by atoms with Crippen molar-refractivity contribution in [3.63, 3.8) is 0 Å². The van der Waals surface area contributed by atoms with E-state index in [2.05, 4.69) is 20.3 Å². The number of H-pyrrole nitrogens is 1. The fourth-order valence-electron chi connectivity index (χ4n) is 2.88. The van der Waals surface area contributed by atoms with Gasteiger partial charge in [0.1, 0.15) is 0 Å². The molecule has 0 aliphatic carbocycles. The van der Waals surface area contributed by atoms with Crippen molar-refractivity contribution in [2.45, 2.75) is 11.0 Å². The quantitative estimate of drug-likeness (QED) is 0.428. The number of rotatable bonds is 5. The summed E-state index contributed by atoms with van der Waals surface area (Å²) in [5.41, 5.74) is 3.76. The Balaban J connectivity index is 1.31. The number of nitrogens with zero attached hydrogens (tertiary/aromatic N) is 3. The maximum atomic E-state index is 5.81. The Morgan fingerprint density at radius 1 is 0.963 bits per heavy atom. The molecule has 0 atom stereocenters. The van der Waals surface area contributed by atoms with Crippen LogP contribution in [0.25, 0.3) is 33.7 Å². The third kappa shape index (κ3) is 3.13. The molecule has 5 aromatic rings. The van der Waals surface area contributed by atoms with Crippen LogP contribution in [0.15, 0.2) is 81.0 Å². The summed E-state index contributed by atoms with van der Waals surface area (Å²) < 4.78 is 11.2. The second kappa shape index (κ2) is 6.77. The van der Waals surface area contributed by atoms with Crippen LogP contribution >= 0.6 is 11.8 Å². The molecule has 5 rings (SSSR count). The van der Waals surface area contributed by atoms with E-state index in [9.17, 15) is 0 Å². The fraction of sp³-hybridized carbons (Fsp3) is 0.0500. The predicted octanol–water partition coefficient (Wildman–Crippen LogP) is 5.17. The molecular weight excluding hydrogens is 360 g/mol. The zero-order chi connectivity index (χ0) is 18.1. The molecule has 6 nitrogen and oxygen atoms in total. The number of thioether (sulfide) groups is 1. The first-order valence-electron chi connectivity index (χ1n) is 8.40. The summed E-state index contributed by atoms with van der Waals surface area (Å²) >= 11 is 1.43. The number of benzene rings is 2. The first kappa shape index (κ1) is 15.9. The van der Waals surface area contributed by atoms with E-state index in [0.717, 1.165) is 33.5 Å². The molecule has 0 radical (unpaired) electrons. The van der Waals surface area contributed by atoms with Gasteiger partial charge in [0, 0.05) is 34.5 Å². The molecule has 2 aromatic carbocycles. The number of aromatic nitrogens is 4. The highest BCUT2D eigenvalue weighted by molar-refractivity contribution is 7.98. The van der Waals surface area contributed by atoms with Gasteiger partial charge in [0.05, 0.1) is 11.3 Å². The zero-order valence-corrected chi connectivity index (χ0v) is 14.9. The van der Waals surface area contributed by atoms with Crippen LogP contribution in [0.3, 0.4) is 0 Å². The highest BCUT2D eigenvalue weighted by Gasteiger charge is 2.14. The van der Waals surface area contributed by atoms with Crippen LogP contribution in [0.5, 0.6) is 0 Å². The van der Waals surface area contributed by atoms with E-state index < -0.39 is 0 Å². The van der Waals surface area contributed by atoms with Crippen molar-refractivity contribution in [2.24, 2.45) is 0 Å². The lowest BCUT2D eigenvalue weighted by Crippen LogP contribution is -1.79. The summed E-state index contributed by atoms with van der Waals surface area (Å²) in [6.45, 7) is 0. The van der Waals surface area contributed by atoms with Gasteiger partial charge in [-0.15, -0.1) is 10.2 Å². The number of hydrogen-bond acceptors (Lipinski definition) is 6. The van der Waals surface area contributed by atoms with Gasteiger partial charge in [-0.3, -0.25) is 0 Å². The Bertz CT molecular complexity index is 1190. The first-order chi connectivity index (χ1) is 13.4. The van der Waals surface area contributed by atoms with E-state index >= 15 is 0 Å². The van der Waals surface area contributed by atoms with Gasteiger partial charge >= 0.3 is 0 Å². The van der Waals surface area contributed by atoms with Gasteiger partial charge in [-0.2, -0.15) is 0 Å². The smallest absolute Gasteiger partial charge is 0.277 e. The molecule has 0 spiro atoms. The van der Waals surface area contributed by atoms with E-state index in [1.807, 2.05) is 66.9 Å². The summed E-state index contributed by atoms with van der Waals surface area (Å²) in [4.78, 5) is 3.22. The van der Waals surface area contributed by atoms with Crippen molar-refractivity contribution in [3.05, 3.63) is 72.6 Å². The van der Waals surface area contributed by atoms with Gasteiger partial charge in [-0.05, 0) is 6.07 Å². The molecule has 0 bridgehead atoms. The molecule has 3 aromatic heterocycles. The van der Waals surface area contributed by atoms with Gasteiger partial charge < -0.3 is 13.9 Å². The van der Waals surface area contributed by atoms with Crippen molar-refractivity contribution in [3.8, 4) is 22.8 Å². The highest BCUT2D eigenvalue weighted by atomic mass is 32.2. The Morgan fingerprint density at radius 2 is 1.81 bits per heavy atom. The molecule has 27 heavy (non-hydrogen) atoms. The lowest BCUT2D eigenvalue weighted by molar-refractivity contribution is 0.426. The molecular formula is C20H14N4O2S. The fourth-order valence-corrected chi connectivity index (χ4v) is 3.52. The number of para-hydroxylation sites is 1. The standard InChI is InChI=1S/C20H14N4O2S/c1-2-6-13(7-3-1)18-10-14(24-26-18)12-27-20-23-22-19(25-20)16-11-21-17-9-5-4-8-15(16)17/h1-11,21H,12H2. The molecule has 132 valence electrons. The molecule has 0 saturated heterocycles. The minimum Gasteiger partial charge on any atom is -0.411 e. The summed E-state index contributed by atoms with van der Waals surface area (Å²) in [5, 5.41) is 14.0. The third-order valence-corrected chi connectivity index (χ3v) is 5.04. The van der Waals surface area contributed by atoms with Crippen molar-refractivity contribution < 1.29 is 8.94 Å². The van der Waals surface area contributed by atoms with Gasteiger partial charge in [-0.25, -0.2) is 0 Å². The first-order valence-corrected chi connectivity index (χ1v) is 9.39. The van der Waals surface area contributed by atoms with Crippen molar-refractivity contribution in [1.82, 2.24) is 20.3 Å². The highest BCUT2D eigenvalue weighted by Crippen LogP contribution is 2.31. The average molecular weight is 374 g/mol. The number of fused-ring (bicyclic) bond motifs is 1. The van der Waals surface area contributed by atoms with Crippen molar-refractivity contribution >= 4 is 22.7 Å². The number of hydrogen-bond donors (Lipinski definition) is 1. The SMILES string of the molecule is c1ccc(-c2cc(CSc3nnc(-c4c[nH]c5ccccc45)o3)no2)cc1. The van der Waals surface area contributed by atoms with Crippen LogP contribution < -0.4 is 0 Å². The minimum absolute atomic E-state index is 0.500. The van der Waals surface area contributed by atoms with Gasteiger partial charge in [0.15, 0.2) is 5.76 Å². The number of aromatic amines is 1. The van der Waals surface area contributed by atoms with E-state index in [4.69, 9.17) is 8.94 Å². The largest absolute Gasteiger partial charge is 0.411 e. The maximum Gasteiger partial charge on any atom is 0.277 e. The Kier molecular flexibility index (Phi) is 3.99. The summed E-state index contributed by atoms with van der Waals surface area (Å²) in [6, 6.07) is 19.8. The molecule has 0 amide bonds. The van der Waals surface area contributed by atoms with Gasteiger partial charge in [-0.1, -0.05) is 65.4 Å². The van der Waals surface area contributed by atoms with Crippen LogP contribution in [-0.2, 0) is 5.75 Å². The third-order valence-electron chi connectivity index (χ3n) is 4.19. The molecule has 0 unspecified atom stereocenters. The van der Waals surface area contributed by atoms with Gasteiger partial charge in [0.2, 0.25) is 0 Å². The van der Waals surface area contributed by atoms with Crippen molar-refractivity contribution in [1.29, 1.82) is 0 Å². The van der Waals surface area contributed by atoms with Crippen LogP contribution in [0.1, 0.15) is 5.69 Å². The Labute approximate surface area is 158 Å². The van der Waals surface area contributed by atoms with Crippen LogP contribution in [-0.4, -0.2) is 20.3 Å².